The van der Waals surface area contributed by atoms with Crippen LogP contribution in [0.4, 0.5) is 24.0 Å². The first kappa shape index (κ1) is 20.4. The molecule has 0 saturated heterocycles. The van der Waals surface area contributed by atoms with Gasteiger partial charge in [0.2, 0.25) is 0 Å². The monoisotopic (exact) mass is 447 g/mol. The SMILES string of the molecule is O=C(Nc1nc2ccc(OC(F)(F)F)cc2s1)c1cccc(NC(=O)c2ccco2)c1. The number of thiazole rings is 1. The molecule has 2 N–H and O–H groups in total. The van der Waals surface area contributed by atoms with Crippen LogP contribution in [0.15, 0.2) is 65.3 Å². The van der Waals surface area contributed by atoms with Gasteiger partial charge in [-0.3, -0.25) is 14.9 Å². The summed E-state index contributed by atoms with van der Waals surface area (Å²) in [5.41, 5.74) is 1.04. The number of nitrogens with one attached hydrogen (secondary N) is 2. The lowest BCUT2D eigenvalue weighted by atomic mass is 10.2. The smallest absolute Gasteiger partial charge is 0.459 e. The molecule has 31 heavy (non-hydrogen) atoms. The Hall–Kier alpha value is -3.86. The average Bonchev–Trinajstić information content (AvgIpc) is 3.36. The normalized spacial score (nSPS) is 11.3. The molecule has 0 radical (unpaired) electrons. The van der Waals surface area contributed by atoms with Crippen molar-refractivity contribution in [2.45, 2.75) is 6.36 Å². The second kappa shape index (κ2) is 8.11. The van der Waals surface area contributed by atoms with Crippen molar-refractivity contribution in [2.75, 3.05) is 10.6 Å². The van der Waals surface area contributed by atoms with E-state index in [1.165, 1.54) is 30.5 Å². The number of alkyl halides is 3. The molecule has 0 fully saturated rings. The van der Waals surface area contributed by atoms with Gasteiger partial charge in [0.25, 0.3) is 11.8 Å². The molecule has 2 amide bonds. The molecule has 4 aromatic rings. The first-order valence-electron chi connectivity index (χ1n) is 8.69. The van der Waals surface area contributed by atoms with Gasteiger partial charge in [0.15, 0.2) is 10.9 Å². The maximum Gasteiger partial charge on any atom is 0.573 e. The van der Waals surface area contributed by atoms with Crippen LogP contribution >= 0.6 is 11.3 Å². The van der Waals surface area contributed by atoms with Crippen LogP contribution in [-0.4, -0.2) is 23.2 Å². The number of carbonyl (C=O) groups is 2. The second-order valence-corrected chi connectivity index (χ2v) is 7.19. The van der Waals surface area contributed by atoms with Gasteiger partial charge in [-0.2, -0.15) is 0 Å². The van der Waals surface area contributed by atoms with Crippen LogP contribution in [0.5, 0.6) is 5.75 Å². The Morgan fingerprint density at radius 1 is 1.00 bits per heavy atom. The summed E-state index contributed by atoms with van der Waals surface area (Å²) in [6.07, 6.45) is -3.43. The number of carbonyl (C=O) groups excluding carboxylic acids is 2. The Bertz CT molecular complexity index is 1250. The van der Waals surface area contributed by atoms with E-state index >= 15 is 0 Å². The van der Waals surface area contributed by atoms with Crippen molar-refractivity contribution < 1.29 is 31.9 Å². The Balaban J connectivity index is 1.47. The molecule has 0 atom stereocenters. The van der Waals surface area contributed by atoms with Gasteiger partial charge in [-0.1, -0.05) is 17.4 Å². The fraction of sp³-hybridized carbons (Fsp3) is 0.0500. The maximum absolute atomic E-state index is 12.6. The van der Waals surface area contributed by atoms with Crippen molar-refractivity contribution in [1.82, 2.24) is 4.98 Å². The summed E-state index contributed by atoms with van der Waals surface area (Å²) >= 11 is 1.00. The van der Waals surface area contributed by atoms with E-state index in [4.69, 9.17) is 4.42 Å². The van der Waals surface area contributed by atoms with Crippen molar-refractivity contribution in [3.8, 4) is 5.75 Å². The molecule has 2 aromatic carbocycles. The van der Waals surface area contributed by atoms with E-state index in [2.05, 4.69) is 20.4 Å². The Kier molecular flexibility index (Phi) is 5.34. The summed E-state index contributed by atoms with van der Waals surface area (Å²) in [6.45, 7) is 0. The predicted octanol–water partition coefficient (Wildman–Crippen LogP) is 5.29. The molecule has 0 aliphatic carbocycles. The van der Waals surface area contributed by atoms with Gasteiger partial charge in [0, 0.05) is 17.3 Å². The highest BCUT2D eigenvalue weighted by molar-refractivity contribution is 7.22. The fourth-order valence-corrected chi connectivity index (χ4v) is 3.55. The topological polar surface area (TPSA) is 93.5 Å². The van der Waals surface area contributed by atoms with Crippen LogP contribution in [-0.2, 0) is 0 Å². The second-order valence-electron chi connectivity index (χ2n) is 6.16. The van der Waals surface area contributed by atoms with Gasteiger partial charge < -0.3 is 14.5 Å². The van der Waals surface area contributed by atoms with E-state index in [-0.39, 0.29) is 22.2 Å². The minimum Gasteiger partial charge on any atom is -0.459 e. The molecular weight excluding hydrogens is 435 g/mol. The summed E-state index contributed by atoms with van der Waals surface area (Å²) in [6, 6.07) is 13.0. The number of benzene rings is 2. The first-order valence-corrected chi connectivity index (χ1v) is 9.51. The standard InChI is InChI=1S/C20H12F3N3O4S/c21-20(22,23)30-13-6-7-14-16(10-13)31-19(25-14)26-17(27)11-3-1-4-12(9-11)24-18(28)15-5-2-8-29-15/h1-10H,(H,24,28)(H,25,26,27). The van der Waals surface area contributed by atoms with Gasteiger partial charge in [0.05, 0.1) is 16.5 Å². The number of hydrogen-bond donors (Lipinski definition) is 2. The van der Waals surface area contributed by atoms with E-state index in [0.717, 1.165) is 17.4 Å². The molecule has 4 rings (SSSR count). The van der Waals surface area contributed by atoms with Gasteiger partial charge in [-0.25, -0.2) is 4.98 Å². The number of fused-ring (bicyclic) bond motifs is 1. The molecule has 0 aliphatic rings. The van der Waals surface area contributed by atoms with Crippen LogP contribution in [0.3, 0.4) is 0 Å². The first-order chi connectivity index (χ1) is 14.8. The number of halogens is 3. The van der Waals surface area contributed by atoms with Gasteiger partial charge in [0.1, 0.15) is 5.75 Å². The average molecular weight is 447 g/mol. The number of aromatic nitrogens is 1. The van der Waals surface area contributed by atoms with Gasteiger partial charge in [-0.05, 0) is 42.5 Å². The molecular formula is C20H12F3N3O4S. The number of nitrogens with zero attached hydrogens (tertiary/aromatic N) is 1. The molecule has 158 valence electrons. The van der Waals surface area contributed by atoms with E-state index in [0.29, 0.717) is 15.9 Å². The summed E-state index contributed by atoms with van der Waals surface area (Å²) in [5, 5.41) is 5.42. The van der Waals surface area contributed by atoms with E-state index in [1.54, 1.807) is 24.3 Å². The number of furan rings is 1. The number of hydrogen-bond acceptors (Lipinski definition) is 6. The van der Waals surface area contributed by atoms with Crippen molar-refractivity contribution in [1.29, 1.82) is 0 Å². The zero-order valence-electron chi connectivity index (χ0n) is 15.4. The highest BCUT2D eigenvalue weighted by Gasteiger charge is 2.31. The lowest BCUT2D eigenvalue weighted by Gasteiger charge is -2.07. The van der Waals surface area contributed by atoms with Crippen molar-refractivity contribution in [3.63, 3.8) is 0 Å². The van der Waals surface area contributed by atoms with Crippen molar-refractivity contribution >= 4 is 44.2 Å². The third kappa shape index (κ3) is 5.01. The number of rotatable bonds is 5. The molecule has 0 aliphatic heterocycles. The molecule has 2 aromatic heterocycles. The van der Waals surface area contributed by atoms with Gasteiger partial charge >= 0.3 is 6.36 Å². The van der Waals surface area contributed by atoms with Crippen LogP contribution in [0.25, 0.3) is 10.2 Å². The van der Waals surface area contributed by atoms with Crippen LogP contribution in [0.1, 0.15) is 20.9 Å². The molecule has 0 unspecified atom stereocenters. The number of amides is 2. The number of ether oxygens (including phenoxy) is 1. The van der Waals surface area contributed by atoms with Crippen LogP contribution in [0, 0.1) is 0 Å². The third-order valence-electron chi connectivity index (χ3n) is 3.94. The molecule has 7 nitrogen and oxygen atoms in total. The van der Waals surface area contributed by atoms with Crippen LogP contribution in [0.2, 0.25) is 0 Å². The minimum absolute atomic E-state index is 0.123. The molecule has 0 saturated carbocycles. The zero-order valence-corrected chi connectivity index (χ0v) is 16.2. The largest absolute Gasteiger partial charge is 0.573 e. The van der Waals surface area contributed by atoms with E-state index in [1.807, 2.05) is 0 Å². The molecule has 0 spiro atoms. The molecule has 11 heteroatoms. The lowest BCUT2D eigenvalue weighted by molar-refractivity contribution is -0.274. The minimum atomic E-state index is -4.80. The van der Waals surface area contributed by atoms with Crippen LogP contribution < -0.4 is 15.4 Å². The van der Waals surface area contributed by atoms with E-state index < -0.39 is 18.2 Å². The quantitative estimate of drug-likeness (QED) is 0.434. The Morgan fingerprint density at radius 3 is 2.58 bits per heavy atom. The van der Waals surface area contributed by atoms with Crippen molar-refractivity contribution in [3.05, 3.63) is 72.2 Å². The Labute approximate surface area is 176 Å². The zero-order chi connectivity index (χ0) is 22.0. The summed E-state index contributed by atoms with van der Waals surface area (Å²) < 4.78 is 46.4. The third-order valence-corrected chi connectivity index (χ3v) is 4.88. The maximum atomic E-state index is 12.6. The summed E-state index contributed by atoms with van der Waals surface area (Å²) in [4.78, 5) is 28.8. The highest BCUT2D eigenvalue weighted by Crippen LogP contribution is 2.31. The summed E-state index contributed by atoms with van der Waals surface area (Å²) in [5.74, 6) is -1.22. The molecule has 0 bridgehead atoms. The lowest BCUT2D eigenvalue weighted by Crippen LogP contribution is -2.16. The number of anilines is 2. The van der Waals surface area contributed by atoms with Crippen molar-refractivity contribution in [2.24, 2.45) is 0 Å². The summed E-state index contributed by atoms with van der Waals surface area (Å²) in [7, 11) is 0. The Morgan fingerprint density at radius 2 is 1.84 bits per heavy atom. The highest BCUT2D eigenvalue weighted by atomic mass is 32.1. The predicted molar refractivity (Wildman–Crippen MR) is 107 cm³/mol. The van der Waals surface area contributed by atoms with Gasteiger partial charge in [-0.15, -0.1) is 13.2 Å². The molecule has 2 heterocycles. The van der Waals surface area contributed by atoms with E-state index in [9.17, 15) is 22.8 Å². The fourth-order valence-electron chi connectivity index (χ4n) is 2.66.